The quantitative estimate of drug-likeness (QED) is 0.689. The number of likely N-dealkylation sites (N-methyl/N-ethyl adjacent to an activating group) is 1. The first-order chi connectivity index (χ1) is 8.08. The molecular formula is C12H27N3O2. The Kier molecular flexibility index (Phi) is 5.82. The van der Waals surface area contributed by atoms with Crippen molar-refractivity contribution in [2.24, 2.45) is 5.73 Å². The van der Waals surface area contributed by atoms with Gasteiger partial charge < -0.3 is 20.1 Å². The third kappa shape index (κ3) is 3.39. The molecule has 102 valence electrons. The van der Waals surface area contributed by atoms with E-state index >= 15 is 0 Å². The molecule has 1 unspecified atom stereocenters. The van der Waals surface area contributed by atoms with Gasteiger partial charge in [0.15, 0.2) is 6.29 Å². The molecule has 1 aliphatic rings. The first kappa shape index (κ1) is 14.9. The van der Waals surface area contributed by atoms with Gasteiger partial charge >= 0.3 is 0 Å². The van der Waals surface area contributed by atoms with E-state index in [0.29, 0.717) is 6.54 Å². The van der Waals surface area contributed by atoms with Crippen LogP contribution in [0, 0.1) is 0 Å². The third-order valence-corrected chi connectivity index (χ3v) is 3.79. The molecule has 1 atom stereocenters. The molecule has 0 amide bonds. The van der Waals surface area contributed by atoms with Crippen LogP contribution in [0.25, 0.3) is 0 Å². The summed E-state index contributed by atoms with van der Waals surface area (Å²) < 4.78 is 10.8. The van der Waals surface area contributed by atoms with Crippen molar-refractivity contribution >= 4 is 0 Å². The average molecular weight is 245 g/mol. The lowest BCUT2D eigenvalue weighted by molar-refractivity contribution is -0.180. The Balaban J connectivity index is 2.76. The van der Waals surface area contributed by atoms with Gasteiger partial charge in [0.25, 0.3) is 0 Å². The zero-order valence-corrected chi connectivity index (χ0v) is 11.6. The van der Waals surface area contributed by atoms with Gasteiger partial charge in [0.2, 0.25) is 0 Å². The van der Waals surface area contributed by atoms with E-state index in [1.54, 1.807) is 14.2 Å². The molecule has 5 nitrogen and oxygen atoms in total. The van der Waals surface area contributed by atoms with Crippen molar-refractivity contribution in [2.75, 3.05) is 54.0 Å². The van der Waals surface area contributed by atoms with Gasteiger partial charge in [0, 0.05) is 40.4 Å². The highest BCUT2D eigenvalue weighted by atomic mass is 16.7. The molecule has 0 aromatic rings. The minimum atomic E-state index is -0.282. The van der Waals surface area contributed by atoms with Gasteiger partial charge in [-0.25, -0.2) is 0 Å². The van der Waals surface area contributed by atoms with Gasteiger partial charge in [0.05, 0.1) is 5.54 Å². The molecule has 0 spiro atoms. The summed E-state index contributed by atoms with van der Waals surface area (Å²) in [6.07, 6.45) is 0.877. The number of nitrogens with two attached hydrogens (primary N) is 1. The second-order valence-corrected chi connectivity index (χ2v) is 5.01. The summed E-state index contributed by atoms with van der Waals surface area (Å²) >= 11 is 0. The fourth-order valence-corrected chi connectivity index (χ4v) is 2.54. The van der Waals surface area contributed by atoms with Crippen LogP contribution in [-0.4, -0.2) is 75.6 Å². The first-order valence-corrected chi connectivity index (χ1v) is 6.27. The zero-order chi connectivity index (χ0) is 12.9. The molecule has 0 radical (unpaired) electrons. The summed E-state index contributed by atoms with van der Waals surface area (Å²) in [4.78, 5) is 4.75. The number of hydrogen-bond acceptors (Lipinski definition) is 5. The predicted octanol–water partition coefficient (Wildman–Crippen LogP) is -0.0398. The number of methoxy groups -OCH3 is 2. The second kappa shape index (κ2) is 6.66. The highest BCUT2D eigenvalue weighted by Gasteiger charge is 2.39. The van der Waals surface area contributed by atoms with E-state index in [0.717, 1.165) is 32.6 Å². The number of rotatable bonds is 5. The van der Waals surface area contributed by atoms with E-state index in [1.165, 1.54) is 0 Å². The van der Waals surface area contributed by atoms with E-state index in [4.69, 9.17) is 15.2 Å². The molecule has 0 aromatic heterocycles. The van der Waals surface area contributed by atoms with Crippen LogP contribution in [0.1, 0.15) is 13.3 Å². The standard InChI is InChI=1S/C12H27N3O2/c1-12(10-13,11(16-3)17-4)15-7-5-6-14(2)8-9-15/h11H,5-10,13H2,1-4H3. The average Bonchev–Trinajstić information content (AvgIpc) is 2.55. The smallest absolute Gasteiger partial charge is 0.176 e. The molecule has 0 bridgehead atoms. The van der Waals surface area contributed by atoms with Crippen LogP contribution in [0.5, 0.6) is 0 Å². The molecular weight excluding hydrogens is 218 g/mol. The van der Waals surface area contributed by atoms with Crippen molar-refractivity contribution in [3.63, 3.8) is 0 Å². The molecule has 0 aliphatic carbocycles. The zero-order valence-electron chi connectivity index (χ0n) is 11.6. The summed E-state index contributed by atoms with van der Waals surface area (Å²) in [6.45, 7) is 6.91. The van der Waals surface area contributed by atoms with Crippen molar-refractivity contribution in [1.82, 2.24) is 9.80 Å². The van der Waals surface area contributed by atoms with Crippen LogP contribution in [0.15, 0.2) is 0 Å². The van der Waals surface area contributed by atoms with Gasteiger partial charge in [0.1, 0.15) is 0 Å². The topological polar surface area (TPSA) is 51.0 Å². The Morgan fingerprint density at radius 2 is 1.82 bits per heavy atom. The molecule has 0 aromatic carbocycles. The van der Waals surface area contributed by atoms with E-state index in [2.05, 4.69) is 23.8 Å². The first-order valence-electron chi connectivity index (χ1n) is 6.27. The van der Waals surface area contributed by atoms with Crippen molar-refractivity contribution in [1.29, 1.82) is 0 Å². The molecule has 1 heterocycles. The van der Waals surface area contributed by atoms with Gasteiger partial charge in [-0.15, -0.1) is 0 Å². The predicted molar refractivity (Wildman–Crippen MR) is 69.0 cm³/mol. The van der Waals surface area contributed by atoms with Gasteiger partial charge in [-0.2, -0.15) is 0 Å². The SMILES string of the molecule is COC(OC)C(C)(CN)N1CCCN(C)CC1. The van der Waals surface area contributed by atoms with Gasteiger partial charge in [-0.1, -0.05) is 0 Å². The van der Waals surface area contributed by atoms with Crippen molar-refractivity contribution in [3.8, 4) is 0 Å². The van der Waals surface area contributed by atoms with Crippen LogP contribution in [0.4, 0.5) is 0 Å². The second-order valence-electron chi connectivity index (χ2n) is 5.01. The minimum absolute atomic E-state index is 0.255. The maximum absolute atomic E-state index is 5.96. The van der Waals surface area contributed by atoms with Crippen molar-refractivity contribution in [3.05, 3.63) is 0 Å². The Bertz CT molecular complexity index is 224. The summed E-state index contributed by atoms with van der Waals surface area (Å²) in [5.41, 5.74) is 5.71. The Hall–Kier alpha value is -0.200. The summed E-state index contributed by atoms with van der Waals surface area (Å²) in [6, 6.07) is 0. The van der Waals surface area contributed by atoms with Crippen LogP contribution in [-0.2, 0) is 9.47 Å². The van der Waals surface area contributed by atoms with E-state index in [1.807, 2.05) is 0 Å². The highest BCUT2D eigenvalue weighted by molar-refractivity contribution is 4.92. The Morgan fingerprint density at radius 1 is 1.18 bits per heavy atom. The highest BCUT2D eigenvalue weighted by Crippen LogP contribution is 2.23. The van der Waals surface area contributed by atoms with Crippen molar-refractivity contribution < 1.29 is 9.47 Å². The van der Waals surface area contributed by atoms with Crippen LogP contribution in [0.2, 0.25) is 0 Å². The molecule has 5 heteroatoms. The largest absolute Gasteiger partial charge is 0.354 e. The Morgan fingerprint density at radius 3 is 2.35 bits per heavy atom. The minimum Gasteiger partial charge on any atom is -0.354 e. The Labute approximate surface area is 105 Å². The number of nitrogens with zero attached hydrogens (tertiary/aromatic N) is 2. The number of ether oxygens (including phenoxy) is 2. The number of hydrogen-bond donors (Lipinski definition) is 1. The van der Waals surface area contributed by atoms with Gasteiger partial charge in [-0.3, -0.25) is 4.90 Å². The van der Waals surface area contributed by atoms with E-state index < -0.39 is 0 Å². The molecule has 1 fully saturated rings. The summed E-state index contributed by atoms with van der Waals surface area (Å²) in [5, 5.41) is 0. The molecule has 1 rings (SSSR count). The molecule has 1 saturated heterocycles. The summed E-state index contributed by atoms with van der Waals surface area (Å²) in [5.74, 6) is 0. The van der Waals surface area contributed by atoms with Crippen molar-refractivity contribution in [2.45, 2.75) is 25.2 Å². The maximum atomic E-state index is 5.96. The summed E-state index contributed by atoms with van der Waals surface area (Å²) in [7, 11) is 5.51. The van der Waals surface area contributed by atoms with E-state index in [-0.39, 0.29) is 11.8 Å². The normalized spacial score (nSPS) is 23.6. The third-order valence-electron chi connectivity index (χ3n) is 3.79. The van der Waals surface area contributed by atoms with Gasteiger partial charge in [-0.05, 0) is 26.9 Å². The molecule has 1 aliphatic heterocycles. The maximum Gasteiger partial charge on any atom is 0.176 e. The monoisotopic (exact) mass is 245 g/mol. The van der Waals surface area contributed by atoms with Crippen LogP contribution >= 0.6 is 0 Å². The van der Waals surface area contributed by atoms with Crippen LogP contribution in [0.3, 0.4) is 0 Å². The molecule has 17 heavy (non-hydrogen) atoms. The fourth-order valence-electron chi connectivity index (χ4n) is 2.54. The lowest BCUT2D eigenvalue weighted by atomic mass is 9.98. The molecule has 0 saturated carbocycles. The van der Waals surface area contributed by atoms with E-state index in [9.17, 15) is 0 Å². The lowest BCUT2D eigenvalue weighted by Crippen LogP contribution is -2.61. The molecule has 2 N–H and O–H groups in total. The fraction of sp³-hybridized carbons (Fsp3) is 1.00. The lowest BCUT2D eigenvalue weighted by Gasteiger charge is -2.43. The van der Waals surface area contributed by atoms with Crippen LogP contribution < -0.4 is 5.73 Å².